The standard InChI is InChI=1S/C9H9NO2/c11-4-2-1-3-8-5-9(7-12)10-6-8/h5-7,10-11H,2,4H2. The summed E-state index contributed by atoms with van der Waals surface area (Å²) in [5.74, 6) is 5.55. The SMILES string of the molecule is O=Cc1cc(C#CCCO)c[nH]1. The van der Waals surface area contributed by atoms with Gasteiger partial charge in [-0.15, -0.1) is 0 Å². The highest BCUT2D eigenvalue weighted by atomic mass is 16.2. The first kappa shape index (κ1) is 8.57. The van der Waals surface area contributed by atoms with Crippen molar-refractivity contribution >= 4 is 6.29 Å². The Bertz CT molecular complexity index is 317. The van der Waals surface area contributed by atoms with Crippen molar-refractivity contribution in [3.63, 3.8) is 0 Å². The lowest BCUT2D eigenvalue weighted by atomic mass is 10.3. The van der Waals surface area contributed by atoms with Gasteiger partial charge in [-0.2, -0.15) is 0 Å². The van der Waals surface area contributed by atoms with E-state index in [2.05, 4.69) is 16.8 Å². The fourth-order valence-electron chi connectivity index (χ4n) is 0.773. The number of H-pyrrole nitrogens is 1. The van der Waals surface area contributed by atoms with Crippen LogP contribution in [0.15, 0.2) is 12.3 Å². The molecule has 0 aliphatic carbocycles. The maximum absolute atomic E-state index is 10.2. The van der Waals surface area contributed by atoms with E-state index in [0.717, 1.165) is 11.8 Å². The summed E-state index contributed by atoms with van der Waals surface area (Å²) in [6.45, 7) is 0.0674. The molecule has 0 amide bonds. The van der Waals surface area contributed by atoms with Crippen molar-refractivity contribution in [3.05, 3.63) is 23.5 Å². The molecule has 12 heavy (non-hydrogen) atoms. The molecule has 0 unspecified atom stereocenters. The zero-order valence-electron chi connectivity index (χ0n) is 6.50. The quantitative estimate of drug-likeness (QED) is 0.494. The minimum absolute atomic E-state index is 0.0674. The first-order chi connectivity index (χ1) is 5.86. The van der Waals surface area contributed by atoms with E-state index in [0.29, 0.717) is 12.1 Å². The van der Waals surface area contributed by atoms with Crippen LogP contribution in [-0.2, 0) is 0 Å². The number of hydrogen-bond donors (Lipinski definition) is 2. The summed E-state index contributed by atoms with van der Waals surface area (Å²) in [4.78, 5) is 13.0. The van der Waals surface area contributed by atoms with Crippen LogP contribution in [0.3, 0.4) is 0 Å². The van der Waals surface area contributed by atoms with E-state index in [1.165, 1.54) is 0 Å². The second-order valence-corrected chi connectivity index (χ2v) is 2.24. The van der Waals surface area contributed by atoms with Crippen molar-refractivity contribution in [3.8, 4) is 11.8 Å². The van der Waals surface area contributed by atoms with Crippen LogP contribution in [-0.4, -0.2) is 23.0 Å². The van der Waals surface area contributed by atoms with Crippen LogP contribution in [0.1, 0.15) is 22.5 Å². The molecule has 0 aromatic carbocycles. The lowest BCUT2D eigenvalue weighted by Gasteiger charge is -1.77. The molecule has 62 valence electrons. The maximum atomic E-state index is 10.2. The summed E-state index contributed by atoms with van der Waals surface area (Å²) in [5, 5.41) is 8.43. The summed E-state index contributed by atoms with van der Waals surface area (Å²) in [6, 6.07) is 1.66. The van der Waals surface area contributed by atoms with E-state index in [1.54, 1.807) is 12.3 Å². The van der Waals surface area contributed by atoms with Crippen molar-refractivity contribution in [2.75, 3.05) is 6.61 Å². The van der Waals surface area contributed by atoms with Crippen LogP contribution in [0.5, 0.6) is 0 Å². The van der Waals surface area contributed by atoms with Gasteiger partial charge in [-0.25, -0.2) is 0 Å². The molecule has 3 heteroatoms. The van der Waals surface area contributed by atoms with Gasteiger partial charge in [0.15, 0.2) is 6.29 Å². The Morgan fingerprint density at radius 1 is 1.67 bits per heavy atom. The van der Waals surface area contributed by atoms with Crippen molar-refractivity contribution in [1.82, 2.24) is 4.98 Å². The van der Waals surface area contributed by atoms with Crippen LogP contribution < -0.4 is 0 Å². The molecule has 1 heterocycles. The zero-order chi connectivity index (χ0) is 8.81. The number of aromatic amines is 1. The average molecular weight is 163 g/mol. The van der Waals surface area contributed by atoms with E-state index in [-0.39, 0.29) is 6.61 Å². The van der Waals surface area contributed by atoms with E-state index >= 15 is 0 Å². The molecular weight excluding hydrogens is 154 g/mol. The van der Waals surface area contributed by atoms with Gasteiger partial charge >= 0.3 is 0 Å². The minimum atomic E-state index is 0.0674. The van der Waals surface area contributed by atoms with Gasteiger partial charge in [0.25, 0.3) is 0 Å². The normalized spacial score (nSPS) is 8.75. The summed E-state index contributed by atoms with van der Waals surface area (Å²) < 4.78 is 0. The van der Waals surface area contributed by atoms with E-state index in [4.69, 9.17) is 5.11 Å². The Morgan fingerprint density at radius 2 is 2.50 bits per heavy atom. The molecule has 1 aromatic rings. The number of carbonyl (C=O) groups excluding carboxylic acids is 1. The number of rotatable bonds is 2. The van der Waals surface area contributed by atoms with Gasteiger partial charge in [-0.05, 0) is 6.07 Å². The van der Waals surface area contributed by atoms with Gasteiger partial charge < -0.3 is 10.1 Å². The van der Waals surface area contributed by atoms with Gasteiger partial charge in [0, 0.05) is 18.2 Å². The molecule has 0 fully saturated rings. The van der Waals surface area contributed by atoms with E-state index in [9.17, 15) is 4.79 Å². The Morgan fingerprint density at radius 3 is 3.08 bits per heavy atom. The largest absolute Gasteiger partial charge is 0.395 e. The zero-order valence-corrected chi connectivity index (χ0v) is 6.50. The summed E-state index contributed by atoms with van der Waals surface area (Å²) in [5.41, 5.74) is 1.29. The molecule has 0 bridgehead atoms. The number of carbonyl (C=O) groups is 1. The maximum Gasteiger partial charge on any atom is 0.166 e. The van der Waals surface area contributed by atoms with E-state index in [1.807, 2.05) is 0 Å². The molecule has 0 atom stereocenters. The average Bonchev–Trinajstić information content (AvgIpc) is 2.53. The smallest absolute Gasteiger partial charge is 0.166 e. The number of hydrogen-bond acceptors (Lipinski definition) is 2. The molecule has 0 radical (unpaired) electrons. The topological polar surface area (TPSA) is 53.1 Å². The molecule has 0 aliphatic rings. The monoisotopic (exact) mass is 163 g/mol. The lowest BCUT2D eigenvalue weighted by Crippen LogP contribution is -1.76. The molecule has 0 spiro atoms. The second kappa shape index (κ2) is 4.37. The lowest BCUT2D eigenvalue weighted by molar-refractivity contribution is 0.111. The van der Waals surface area contributed by atoms with Crippen LogP contribution in [0.25, 0.3) is 0 Å². The van der Waals surface area contributed by atoms with Gasteiger partial charge in [-0.3, -0.25) is 4.79 Å². The molecule has 0 saturated carbocycles. The minimum Gasteiger partial charge on any atom is -0.395 e. The third-order valence-corrected chi connectivity index (χ3v) is 1.30. The van der Waals surface area contributed by atoms with Crippen LogP contribution in [0.4, 0.5) is 0 Å². The van der Waals surface area contributed by atoms with Crippen LogP contribution >= 0.6 is 0 Å². The Labute approximate surface area is 70.4 Å². The first-order valence-corrected chi connectivity index (χ1v) is 3.60. The van der Waals surface area contributed by atoms with Gasteiger partial charge in [0.05, 0.1) is 12.3 Å². The highest BCUT2D eigenvalue weighted by Gasteiger charge is 1.92. The number of aliphatic hydroxyl groups is 1. The number of aromatic nitrogens is 1. The predicted octanol–water partition coefficient (Wildman–Crippen LogP) is 0.561. The molecule has 2 N–H and O–H groups in total. The van der Waals surface area contributed by atoms with E-state index < -0.39 is 0 Å². The first-order valence-electron chi connectivity index (χ1n) is 3.60. The van der Waals surface area contributed by atoms with Crippen LogP contribution in [0.2, 0.25) is 0 Å². The molecule has 1 rings (SSSR count). The van der Waals surface area contributed by atoms with Crippen molar-refractivity contribution in [2.24, 2.45) is 0 Å². The summed E-state index contributed by atoms with van der Waals surface area (Å²) in [6.07, 6.45) is 2.85. The third kappa shape index (κ3) is 2.26. The predicted molar refractivity (Wildman–Crippen MR) is 44.8 cm³/mol. The molecule has 1 aromatic heterocycles. The Hall–Kier alpha value is -1.53. The Balaban J connectivity index is 2.65. The second-order valence-electron chi connectivity index (χ2n) is 2.24. The van der Waals surface area contributed by atoms with Crippen molar-refractivity contribution < 1.29 is 9.90 Å². The fraction of sp³-hybridized carbons (Fsp3) is 0.222. The number of nitrogens with one attached hydrogen (secondary N) is 1. The molecule has 0 saturated heterocycles. The fourth-order valence-corrected chi connectivity index (χ4v) is 0.773. The van der Waals surface area contributed by atoms with Crippen molar-refractivity contribution in [1.29, 1.82) is 0 Å². The number of aldehydes is 1. The highest BCUT2D eigenvalue weighted by Crippen LogP contribution is 1.98. The van der Waals surface area contributed by atoms with Crippen LogP contribution in [0, 0.1) is 11.8 Å². The summed E-state index contributed by atoms with van der Waals surface area (Å²) in [7, 11) is 0. The van der Waals surface area contributed by atoms with Gasteiger partial charge in [-0.1, -0.05) is 11.8 Å². The molecule has 0 aliphatic heterocycles. The van der Waals surface area contributed by atoms with Gasteiger partial charge in [0.1, 0.15) is 0 Å². The number of aliphatic hydroxyl groups excluding tert-OH is 1. The summed E-state index contributed by atoms with van der Waals surface area (Å²) >= 11 is 0. The molecular formula is C9H9NO2. The van der Waals surface area contributed by atoms with Crippen molar-refractivity contribution in [2.45, 2.75) is 6.42 Å². The molecule has 3 nitrogen and oxygen atoms in total. The Kier molecular flexibility index (Phi) is 3.12. The highest BCUT2D eigenvalue weighted by molar-refractivity contribution is 5.72. The van der Waals surface area contributed by atoms with Gasteiger partial charge in [0.2, 0.25) is 0 Å². The third-order valence-electron chi connectivity index (χ3n) is 1.30.